The second-order valence-corrected chi connectivity index (χ2v) is 8.99. The van der Waals surface area contributed by atoms with Crippen molar-refractivity contribution in [3.63, 3.8) is 0 Å². The molecule has 0 spiro atoms. The molecule has 1 aliphatic rings. The molecule has 1 atom stereocenters. The summed E-state index contributed by atoms with van der Waals surface area (Å²) in [6, 6.07) is 24.7. The fraction of sp³-hybridized carbons (Fsp3) is 0.0870. The van der Waals surface area contributed by atoms with Crippen molar-refractivity contribution >= 4 is 30.3 Å². The van der Waals surface area contributed by atoms with E-state index in [0.717, 1.165) is 22.3 Å². The van der Waals surface area contributed by atoms with Gasteiger partial charge in [0, 0.05) is 12.4 Å². The van der Waals surface area contributed by atoms with E-state index in [1.54, 1.807) is 24.3 Å². The molecule has 0 saturated heterocycles. The highest BCUT2D eigenvalue weighted by Crippen LogP contribution is 2.52. The van der Waals surface area contributed by atoms with Gasteiger partial charge in [-0.3, -0.25) is 4.57 Å². The minimum absolute atomic E-state index is 0.116. The minimum Gasteiger partial charge on any atom is -0.361 e. The Morgan fingerprint density at radius 3 is 1.86 bits per heavy atom. The summed E-state index contributed by atoms with van der Waals surface area (Å²) in [7, 11) is -2.19. The van der Waals surface area contributed by atoms with Crippen LogP contribution in [-0.2, 0) is 9.09 Å². The summed E-state index contributed by atoms with van der Waals surface area (Å²) in [6.45, 7) is 0. The lowest BCUT2D eigenvalue weighted by molar-refractivity contribution is -0.00502. The normalized spacial score (nSPS) is 14.9. The molecular formula is C23H19N2O2P. The SMILES string of the molecule is COP(=O)(C(=[N+]=[N-])C1c2ccccc2C=Cc2ccccc21)c1ccccc1. The number of hydrogen-bond acceptors (Lipinski definition) is 2. The quantitative estimate of drug-likeness (QED) is 0.268. The van der Waals surface area contributed by atoms with Crippen LogP contribution in [0.5, 0.6) is 0 Å². The molecule has 138 valence electrons. The van der Waals surface area contributed by atoms with E-state index in [9.17, 15) is 10.1 Å². The fourth-order valence-electron chi connectivity index (χ4n) is 3.72. The second-order valence-electron chi connectivity index (χ2n) is 6.55. The highest BCUT2D eigenvalue weighted by molar-refractivity contribution is 7.83. The van der Waals surface area contributed by atoms with E-state index in [2.05, 4.69) is 4.79 Å². The van der Waals surface area contributed by atoms with E-state index in [1.165, 1.54) is 7.11 Å². The van der Waals surface area contributed by atoms with Crippen molar-refractivity contribution < 1.29 is 13.9 Å². The highest BCUT2D eigenvalue weighted by atomic mass is 31.2. The van der Waals surface area contributed by atoms with Gasteiger partial charge >= 0.3 is 12.8 Å². The molecule has 5 heteroatoms. The summed E-state index contributed by atoms with van der Waals surface area (Å²) in [4.78, 5) is 3.57. The van der Waals surface area contributed by atoms with Crippen LogP contribution in [0.1, 0.15) is 28.2 Å². The molecule has 0 bridgehead atoms. The van der Waals surface area contributed by atoms with E-state index in [-0.39, 0.29) is 5.45 Å². The summed E-state index contributed by atoms with van der Waals surface area (Å²) >= 11 is 0. The van der Waals surface area contributed by atoms with Gasteiger partial charge in [0.25, 0.3) is 0 Å². The van der Waals surface area contributed by atoms with Gasteiger partial charge in [0.05, 0.1) is 0 Å². The summed E-state index contributed by atoms with van der Waals surface area (Å²) in [5, 5.41) is 0.498. The Hall–Kier alpha value is -3.03. The van der Waals surface area contributed by atoms with Crippen molar-refractivity contribution in [2.24, 2.45) is 0 Å². The number of benzene rings is 3. The predicted molar refractivity (Wildman–Crippen MR) is 113 cm³/mol. The number of hydrogen-bond donors (Lipinski definition) is 0. The van der Waals surface area contributed by atoms with Crippen LogP contribution >= 0.6 is 7.37 Å². The maximum Gasteiger partial charge on any atom is 0.366 e. The van der Waals surface area contributed by atoms with Crippen LogP contribution in [0.25, 0.3) is 17.7 Å². The summed E-state index contributed by atoms with van der Waals surface area (Å²) in [5.74, 6) is -0.501. The molecule has 0 fully saturated rings. The minimum atomic E-state index is -3.59. The van der Waals surface area contributed by atoms with Gasteiger partial charge in [-0.1, -0.05) is 78.9 Å². The molecule has 0 amide bonds. The van der Waals surface area contributed by atoms with Gasteiger partial charge in [-0.15, -0.1) is 0 Å². The average Bonchev–Trinajstić information content (AvgIpc) is 2.92. The van der Waals surface area contributed by atoms with E-state index >= 15 is 0 Å². The smallest absolute Gasteiger partial charge is 0.361 e. The third-order valence-electron chi connectivity index (χ3n) is 5.07. The summed E-state index contributed by atoms with van der Waals surface area (Å²) < 4.78 is 19.6. The Morgan fingerprint density at radius 1 is 0.857 bits per heavy atom. The molecule has 0 aliphatic heterocycles. The molecule has 4 nitrogen and oxygen atoms in total. The fourth-order valence-corrected chi connectivity index (χ4v) is 5.68. The molecule has 4 rings (SSSR count). The van der Waals surface area contributed by atoms with Crippen LogP contribution in [0.4, 0.5) is 0 Å². The van der Waals surface area contributed by atoms with Gasteiger partial charge in [0.2, 0.25) is 0 Å². The highest BCUT2D eigenvalue weighted by Gasteiger charge is 2.47. The van der Waals surface area contributed by atoms with E-state index in [4.69, 9.17) is 4.52 Å². The molecule has 0 heterocycles. The molecule has 3 aromatic rings. The Bertz CT molecular complexity index is 1100. The van der Waals surface area contributed by atoms with Gasteiger partial charge in [0.1, 0.15) is 5.92 Å². The lowest BCUT2D eigenvalue weighted by atomic mass is 9.88. The largest absolute Gasteiger partial charge is 0.366 e. The first-order valence-electron chi connectivity index (χ1n) is 8.99. The number of rotatable bonds is 4. The first kappa shape index (κ1) is 18.3. The second kappa shape index (κ2) is 7.53. The van der Waals surface area contributed by atoms with Gasteiger partial charge in [0.15, 0.2) is 0 Å². The molecule has 0 saturated carbocycles. The van der Waals surface area contributed by atoms with Crippen LogP contribution in [0.2, 0.25) is 0 Å². The van der Waals surface area contributed by atoms with Gasteiger partial charge < -0.3 is 10.1 Å². The van der Waals surface area contributed by atoms with Crippen molar-refractivity contribution in [2.75, 3.05) is 7.11 Å². The van der Waals surface area contributed by atoms with Gasteiger partial charge in [-0.25, -0.2) is 0 Å². The van der Waals surface area contributed by atoms with Crippen LogP contribution in [-0.4, -0.2) is 17.4 Å². The third-order valence-corrected chi connectivity index (χ3v) is 7.52. The van der Waals surface area contributed by atoms with Crippen LogP contribution in [0, 0.1) is 0 Å². The zero-order valence-electron chi connectivity index (χ0n) is 15.4. The van der Waals surface area contributed by atoms with E-state index in [1.807, 2.05) is 66.7 Å². The van der Waals surface area contributed by atoms with Crippen molar-refractivity contribution in [3.05, 3.63) is 107 Å². The maximum atomic E-state index is 14.0. The van der Waals surface area contributed by atoms with E-state index < -0.39 is 13.3 Å². The zero-order chi connectivity index (χ0) is 19.6. The van der Waals surface area contributed by atoms with Crippen molar-refractivity contribution in [2.45, 2.75) is 5.92 Å². The van der Waals surface area contributed by atoms with Crippen LogP contribution < -0.4 is 5.30 Å². The monoisotopic (exact) mass is 386 g/mol. The van der Waals surface area contributed by atoms with E-state index in [0.29, 0.717) is 5.30 Å². The standard InChI is InChI=1S/C23H19N2O2P/c1-27-28(26,19-11-3-2-4-12-19)23(25-24)22-20-13-7-5-9-17(20)15-16-18-10-6-8-14-21(18)22/h2-16,22H,1H3. The molecule has 0 N–H and O–H groups in total. The van der Waals surface area contributed by atoms with Crippen LogP contribution in [0.15, 0.2) is 78.9 Å². The Kier molecular flexibility index (Phi) is 4.93. The predicted octanol–water partition coefficient (Wildman–Crippen LogP) is 5.18. The first-order chi connectivity index (χ1) is 13.7. The lowest BCUT2D eigenvalue weighted by Gasteiger charge is -2.21. The molecule has 0 radical (unpaired) electrons. The Labute approximate surface area is 164 Å². The molecule has 3 aromatic carbocycles. The zero-order valence-corrected chi connectivity index (χ0v) is 16.3. The molecule has 0 aromatic heterocycles. The number of nitrogens with zero attached hydrogens (tertiary/aromatic N) is 2. The van der Waals surface area contributed by atoms with Crippen molar-refractivity contribution in [3.8, 4) is 0 Å². The molecule has 1 unspecified atom stereocenters. The Balaban J connectivity index is 2.00. The first-order valence-corrected chi connectivity index (χ1v) is 10.6. The van der Waals surface area contributed by atoms with Crippen molar-refractivity contribution in [1.82, 2.24) is 0 Å². The molecular weight excluding hydrogens is 367 g/mol. The summed E-state index contributed by atoms with van der Waals surface area (Å²) in [6.07, 6.45) is 4.06. The molecule has 1 aliphatic carbocycles. The molecule has 28 heavy (non-hydrogen) atoms. The van der Waals surface area contributed by atoms with Crippen molar-refractivity contribution in [1.29, 1.82) is 0 Å². The van der Waals surface area contributed by atoms with Crippen LogP contribution in [0.3, 0.4) is 0 Å². The lowest BCUT2D eigenvalue weighted by Crippen LogP contribution is -2.23. The summed E-state index contributed by atoms with van der Waals surface area (Å²) in [5.41, 5.74) is 14.0. The number of fused-ring (bicyclic) bond motifs is 2. The average molecular weight is 386 g/mol. The maximum absolute atomic E-state index is 14.0. The third kappa shape index (κ3) is 2.98. The van der Waals surface area contributed by atoms with Gasteiger partial charge in [-0.05, 0) is 34.4 Å². The Morgan fingerprint density at radius 2 is 1.36 bits per heavy atom. The van der Waals surface area contributed by atoms with Gasteiger partial charge in [-0.2, -0.15) is 4.79 Å². The topological polar surface area (TPSA) is 62.7 Å².